The highest BCUT2D eigenvalue weighted by atomic mass is 16.8. The summed E-state index contributed by atoms with van der Waals surface area (Å²) in [5, 5.41) is 245. The van der Waals surface area contributed by atoms with Gasteiger partial charge >= 0.3 is 0 Å². The number of rotatable bonds is 20. The van der Waals surface area contributed by atoms with Gasteiger partial charge in [-0.1, -0.05) is 0 Å². The maximum absolute atomic E-state index is 11.8. The van der Waals surface area contributed by atoms with Crippen LogP contribution in [0.1, 0.15) is 0 Å². The van der Waals surface area contributed by atoms with Crippen LogP contribution in [0.2, 0.25) is 0 Å². The Kier molecular flexibility index (Phi) is 23.5. The molecule has 484 valence electrons. The van der Waals surface area contributed by atoms with Gasteiger partial charge in [0.05, 0.1) is 52.9 Å². The number of ether oxygens (including phenoxy) is 15. The third kappa shape index (κ3) is 14.3. The van der Waals surface area contributed by atoms with Gasteiger partial charge in [-0.25, -0.2) is 0 Å². The summed E-state index contributed by atoms with van der Waals surface area (Å²) >= 11 is 0. The normalized spacial score (nSPS) is 53.7. The molecule has 0 aromatic rings. The molecule has 0 aromatic heterocycles. The fourth-order valence-electron chi connectivity index (χ4n) is 10.5. The van der Waals surface area contributed by atoms with E-state index in [9.17, 15) is 117 Å². The van der Waals surface area contributed by atoms with Gasteiger partial charge in [-0.05, 0) is 0 Å². The number of hydrogen-bond donors (Lipinski definition) is 23. The molecule has 38 heteroatoms. The second-order valence-electron chi connectivity index (χ2n) is 21.1. The van der Waals surface area contributed by atoms with Crippen LogP contribution in [0.25, 0.3) is 0 Å². The van der Waals surface area contributed by atoms with Crippen molar-refractivity contribution in [2.75, 3.05) is 52.9 Å². The van der Waals surface area contributed by atoms with E-state index in [4.69, 9.17) is 71.1 Å². The lowest BCUT2D eigenvalue weighted by atomic mass is 9.95. The van der Waals surface area contributed by atoms with E-state index in [1.165, 1.54) is 0 Å². The molecule has 0 spiro atoms. The van der Waals surface area contributed by atoms with E-state index in [1.54, 1.807) is 0 Å². The Labute approximate surface area is 468 Å². The summed E-state index contributed by atoms with van der Waals surface area (Å²) in [5.74, 6) is 0. The van der Waals surface area contributed by atoms with Crippen molar-refractivity contribution in [2.24, 2.45) is 0 Å². The first-order valence-electron chi connectivity index (χ1n) is 26.4. The Morgan fingerprint density at radius 1 is 0.253 bits per heavy atom. The molecule has 0 amide bonds. The van der Waals surface area contributed by atoms with Gasteiger partial charge in [0.2, 0.25) is 0 Å². The SMILES string of the molecule is OC[C@@H]1O[C@@H](O[C@H]2[C@@H](OC[C@H]3O[C@@H](O[C@H]4[C@H](O)[C@@H](O)[C@H](O[C@H]5[C@H](O)[C@@H](O)[C@H](O[C@H]6[C@H](O)[C@@H](O)C(O)O[C@@H]6CO)O[C@@H]5CO)O[C@@H]4CO)[C@H](O)[C@@H](O)[C@@H]3O[C@@H]3O[C@H](CO[C@H]4OC[C@@H](O)[C@H](O)[C@H]4O)[C@@H](O)[C@H](O)[C@H]3O)OC[C@@H](O)[C@@H]2O)[C@H](O)[C@H]1O. The minimum Gasteiger partial charge on any atom is -0.394 e. The molecule has 0 bridgehead atoms. The molecule has 37 atom stereocenters. The van der Waals surface area contributed by atoms with Crippen molar-refractivity contribution in [1.29, 1.82) is 0 Å². The van der Waals surface area contributed by atoms with Crippen LogP contribution in [0.15, 0.2) is 0 Å². The van der Waals surface area contributed by atoms with Crippen LogP contribution >= 0.6 is 0 Å². The average Bonchev–Trinajstić information content (AvgIpc) is 3.94. The first kappa shape index (κ1) is 67.4. The van der Waals surface area contributed by atoms with Gasteiger partial charge in [-0.3, -0.25) is 0 Å². The summed E-state index contributed by atoms with van der Waals surface area (Å²) in [7, 11) is 0. The van der Waals surface area contributed by atoms with Crippen molar-refractivity contribution in [3.63, 3.8) is 0 Å². The number of aliphatic hydroxyl groups excluding tert-OH is 23. The summed E-state index contributed by atoms with van der Waals surface area (Å²) in [6, 6.07) is 0. The van der Waals surface area contributed by atoms with Gasteiger partial charge in [0.25, 0.3) is 0 Å². The third-order valence-corrected chi connectivity index (χ3v) is 15.5. The molecule has 1 unspecified atom stereocenters. The van der Waals surface area contributed by atoms with Crippen molar-refractivity contribution in [3.05, 3.63) is 0 Å². The molecule has 8 heterocycles. The number of hydrogen-bond acceptors (Lipinski definition) is 38. The molecule has 8 fully saturated rings. The van der Waals surface area contributed by atoms with Gasteiger partial charge in [-0.2, -0.15) is 0 Å². The molecule has 0 saturated carbocycles. The second-order valence-corrected chi connectivity index (χ2v) is 21.1. The van der Waals surface area contributed by atoms with Gasteiger partial charge < -0.3 is 189 Å². The summed E-state index contributed by atoms with van der Waals surface area (Å²) in [6.07, 6.45) is -70.8. The molecule has 23 N–H and O–H groups in total. The fourth-order valence-corrected chi connectivity index (χ4v) is 10.5. The molecule has 83 heavy (non-hydrogen) atoms. The van der Waals surface area contributed by atoms with E-state index in [0.717, 1.165) is 0 Å². The molecular formula is C45H76O38. The summed E-state index contributed by atoms with van der Waals surface area (Å²) < 4.78 is 84.2. The third-order valence-electron chi connectivity index (χ3n) is 15.5. The monoisotopic (exact) mass is 1220 g/mol. The second kappa shape index (κ2) is 29.0. The maximum Gasteiger partial charge on any atom is 0.187 e. The molecule has 0 aliphatic carbocycles. The van der Waals surface area contributed by atoms with Crippen molar-refractivity contribution in [2.45, 2.75) is 227 Å². The van der Waals surface area contributed by atoms with Crippen LogP contribution in [0.3, 0.4) is 0 Å². The van der Waals surface area contributed by atoms with Crippen LogP contribution < -0.4 is 0 Å². The first-order valence-corrected chi connectivity index (χ1v) is 26.4. The van der Waals surface area contributed by atoms with Gasteiger partial charge in [-0.15, -0.1) is 0 Å². The fraction of sp³-hybridized carbons (Fsp3) is 1.00. The predicted molar refractivity (Wildman–Crippen MR) is 246 cm³/mol. The minimum atomic E-state index is -2.33. The smallest absolute Gasteiger partial charge is 0.187 e. The average molecular weight is 1230 g/mol. The van der Waals surface area contributed by atoms with Crippen LogP contribution in [-0.4, -0.2) is 398 Å². The van der Waals surface area contributed by atoms with Crippen molar-refractivity contribution in [3.8, 4) is 0 Å². The molecule has 8 aliphatic rings. The van der Waals surface area contributed by atoms with Crippen molar-refractivity contribution in [1.82, 2.24) is 0 Å². The van der Waals surface area contributed by atoms with Crippen LogP contribution in [0, 0.1) is 0 Å². The Balaban J connectivity index is 0.983. The van der Waals surface area contributed by atoms with Crippen molar-refractivity contribution < 1.29 is 189 Å². The summed E-state index contributed by atoms with van der Waals surface area (Å²) in [4.78, 5) is 0. The zero-order valence-electron chi connectivity index (χ0n) is 43.4. The zero-order valence-corrected chi connectivity index (χ0v) is 43.4. The molecule has 8 aliphatic heterocycles. The lowest BCUT2D eigenvalue weighted by Gasteiger charge is -2.49. The van der Waals surface area contributed by atoms with Gasteiger partial charge in [0.1, 0.15) is 177 Å². The van der Waals surface area contributed by atoms with E-state index in [0.29, 0.717) is 0 Å². The predicted octanol–water partition coefficient (Wildman–Crippen LogP) is -16.5. The maximum atomic E-state index is 11.8. The molecule has 8 rings (SSSR count). The van der Waals surface area contributed by atoms with Crippen LogP contribution in [-0.2, 0) is 71.1 Å². The summed E-state index contributed by atoms with van der Waals surface area (Å²) in [6.45, 7) is -6.68. The quantitative estimate of drug-likeness (QED) is 0.0538. The molecule has 38 nitrogen and oxygen atoms in total. The Bertz CT molecular complexity index is 1970. The Morgan fingerprint density at radius 2 is 0.566 bits per heavy atom. The lowest BCUT2D eigenvalue weighted by Crippen LogP contribution is -2.68. The van der Waals surface area contributed by atoms with Crippen LogP contribution in [0.5, 0.6) is 0 Å². The Morgan fingerprint density at radius 3 is 1.04 bits per heavy atom. The Hall–Kier alpha value is -1.52. The van der Waals surface area contributed by atoms with E-state index >= 15 is 0 Å². The first-order chi connectivity index (χ1) is 39.3. The number of aliphatic hydroxyl groups is 23. The van der Waals surface area contributed by atoms with E-state index < -0.39 is 280 Å². The van der Waals surface area contributed by atoms with Crippen LogP contribution in [0.4, 0.5) is 0 Å². The highest BCUT2D eigenvalue weighted by Gasteiger charge is 2.58. The van der Waals surface area contributed by atoms with E-state index in [-0.39, 0.29) is 0 Å². The zero-order chi connectivity index (χ0) is 60.6. The molecular weight excluding hydrogens is 1150 g/mol. The highest BCUT2D eigenvalue weighted by Crippen LogP contribution is 2.37. The largest absolute Gasteiger partial charge is 0.394 e. The standard InChI is InChI=1S/C45H76O38/c46-1-11-19(54)28(63)40(74-11)83-37-18(53)10(51)6-70-45(37)72-8-16-36(82-41-29(64)21(56)20(55)15(77-41)7-71-39-27(62)17(52)9(50)5-69-39)25(60)32(67)44(78-16)81-35-14(4-49)76-43(31(66)24(35)59)80-34-13(3-48)75-42(30(65)23(34)58)79-33-12(2-47)73-38(68)26(61)22(33)57/h9-68H,1-8H2/t9-,10-,11+,12-,13-,14-,15-,16-,17+,18+,19+,20-,21+,22-,23-,24-,25-,26-,27-,28-,29-,30-,31-,32-,33-,34-,35-,36-,37-,38?,39-,40+,41+,42+,43+,44+,45-/m1/s1. The topological polar surface area (TPSA) is 604 Å². The van der Waals surface area contributed by atoms with Gasteiger partial charge in [0.15, 0.2) is 50.3 Å². The minimum absolute atomic E-state index is 0.496. The van der Waals surface area contributed by atoms with E-state index in [1.807, 2.05) is 0 Å². The highest BCUT2D eigenvalue weighted by molar-refractivity contribution is 5.00. The summed E-state index contributed by atoms with van der Waals surface area (Å²) in [5.41, 5.74) is 0. The van der Waals surface area contributed by atoms with Crippen molar-refractivity contribution >= 4 is 0 Å². The molecule has 0 aromatic carbocycles. The lowest BCUT2D eigenvalue weighted by molar-refractivity contribution is -0.395. The van der Waals surface area contributed by atoms with E-state index in [2.05, 4.69) is 0 Å². The van der Waals surface area contributed by atoms with Gasteiger partial charge in [0, 0.05) is 0 Å². The molecule has 8 saturated heterocycles. The molecule has 0 radical (unpaired) electrons.